The van der Waals surface area contributed by atoms with Crippen molar-refractivity contribution in [3.05, 3.63) is 0 Å². The molecule has 0 heterocycles. The summed E-state index contributed by atoms with van der Waals surface area (Å²) >= 11 is 0. The minimum atomic E-state index is -0.00385. The van der Waals surface area contributed by atoms with Gasteiger partial charge in [-0.3, -0.25) is 9.59 Å². The lowest BCUT2D eigenvalue weighted by Crippen LogP contribution is -2.08. The minimum Gasteiger partial charge on any atom is -0.466 e. The standard InChI is InChI=1S/C34H66O4/c1-4-6-8-20-24-30-37-33(35)27-23-19-17-15-13-11-10-12-14-16-18-22-26-32(3)28-29-34(36)38-31-25-21-9-7-5-2/h32H,4-31H2,1-3H3. The molecule has 0 bridgehead atoms. The topological polar surface area (TPSA) is 52.6 Å². The monoisotopic (exact) mass is 538 g/mol. The van der Waals surface area contributed by atoms with Crippen molar-refractivity contribution in [1.29, 1.82) is 0 Å². The van der Waals surface area contributed by atoms with Crippen LogP contribution in [0.25, 0.3) is 0 Å². The lowest BCUT2D eigenvalue weighted by Gasteiger charge is -2.11. The van der Waals surface area contributed by atoms with Gasteiger partial charge < -0.3 is 9.47 Å². The van der Waals surface area contributed by atoms with E-state index >= 15 is 0 Å². The van der Waals surface area contributed by atoms with E-state index in [0.29, 0.717) is 32.0 Å². The van der Waals surface area contributed by atoms with Gasteiger partial charge >= 0.3 is 11.9 Å². The van der Waals surface area contributed by atoms with Gasteiger partial charge in [0.2, 0.25) is 0 Å². The molecule has 0 amide bonds. The zero-order valence-electron chi connectivity index (χ0n) is 26.0. The van der Waals surface area contributed by atoms with Crippen molar-refractivity contribution < 1.29 is 19.1 Å². The first kappa shape index (κ1) is 36.9. The van der Waals surface area contributed by atoms with Gasteiger partial charge in [-0.25, -0.2) is 0 Å². The van der Waals surface area contributed by atoms with Crippen molar-refractivity contribution in [2.75, 3.05) is 13.2 Å². The number of ether oxygens (including phenoxy) is 2. The summed E-state index contributed by atoms with van der Waals surface area (Å²) in [6.07, 6.45) is 30.8. The summed E-state index contributed by atoms with van der Waals surface area (Å²) in [5.74, 6) is 0.618. The van der Waals surface area contributed by atoms with Gasteiger partial charge in [0.15, 0.2) is 0 Å². The van der Waals surface area contributed by atoms with Crippen molar-refractivity contribution in [2.45, 2.75) is 188 Å². The fraction of sp³-hybridized carbons (Fsp3) is 0.941. The molecule has 1 atom stereocenters. The number of hydrogen-bond acceptors (Lipinski definition) is 4. The molecule has 4 nitrogen and oxygen atoms in total. The van der Waals surface area contributed by atoms with Gasteiger partial charge in [0.1, 0.15) is 0 Å². The third-order valence-corrected chi connectivity index (χ3v) is 7.69. The molecule has 0 radical (unpaired) electrons. The fourth-order valence-electron chi connectivity index (χ4n) is 4.97. The van der Waals surface area contributed by atoms with E-state index < -0.39 is 0 Å². The highest BCUT2D eigenvalue weighted by Crippen LogP contribution is 2.18. The van der Waals surface area contributed by atoms with Gasteiger partial charge in [0, 0.05) is 12.8 Å². The van der Waals surface area contributed by atoms with E-state index in [4.69, 9.17) is 9.47 Å². The summed E-state index contributed by atoms with van der Waals surface area (Å²) in [5, 5.41) is 0. The lowest BCUT2D eigenvalue weighted by atomic mass is 9.97. The van der Waals surface area contributed by atoms with E-state index in [0.717, 1.165) is 32.1 Å². The molecule has 0 aliphatic heterocycles. The Morgan fingerprint density at radius 3 is 1.29 bits per heavy atom. The molecule has 0 aliphatic carbocycles. The molecule has 4 heteroatoms. The molecule has 226 valence electrons. The highest BCUT2D eigenvalue weighted by molar-refractivity contribution is 5.69. The predicted octanol–water partition coefficient (Wildman–Crippen LogP) is 10.9. The normalized spacial score (nSPS) is 12.0. The molecular weight excluding hydrogens is 472 g/mol. The zero-order valence-corrected chi connectivity index (χ0v) is 26.0. The van der Waals surface area contributed by atoms with E-state index in [9.17, 15) is 9.59 Å². The molecule has 0 aromatic rings. The second-order valence-corrected chi connectivity index (χ2v) is 11.7. The Hall–Kier alpha value is -1.06. The maximum Gasteiger partial charge on any atom is 0.305 e. The second kappa shape index (κ2) is 30.5. The van der Waals surface area contributed by atoms with Crippen molar-refractivity contribution in [3.8, 4) is 0 Å². The highest BCUT2D eigenvalue weighted by Gasteiger charge is 2.08. The molecule has 0 aromatic heterocycles. The minimum absolute atomic E-state index is 0.00143. The van der Waals surface area contributed by atoms with E-state index in [-0.39, 0.29) is 11.9 Å². The van der Waals surface area contributed by atoms with Crippen molar-refractivity contribution >= 4 is 11.9 Å². The van der Waals surface area contributed by atoms with Gasteiger partial charge in [-0.2, -0.15) is 0 Å². The smallest absolute Gasteiger partial charge is 0.305 e. The molecule has 0 aromatic carbocycles. The van der Waals surface area contributed by atoms with Crippen LogP contribution < -0.4 is 0 Å². The summed E-state index contributed by atoms with van der Waals surface area (Å²) in [5.41, 5.74) is 0. The predicted molar refractivity (Wildman–Crippen MR) is 162 cm³/mol. The number of rotatable bonds is 30. The number of esters is 2. The summed E-state index contributed by atoms with van der Waals surface area (Å²) in [6, 6.07) is 0. The first-order valence-corrected chi connectivity index (χ1v) is 16.9. The lowest BCUT2D eigenvalue weighted by molar-refractivity contribution is -0.144. The van der Waals surface area contributed by atoms with Crippen molar-refractivity contribution in [1.82, 2.24) is 0 Å². The van der Waals surface area contributed by atoms with Crippen LogP contribution in [0.2, 0.25) is 0 Å². The fourth-order valence-corrected chi connectivity index (χ4v) is 4.97. The van der Waals surface area contributed by atoms with Crippen LogP contribution in [0.15, 0.2) is 0 Å². The van der Waals surface area contributed by atoms with Crippen LogP contribution in [0, 0.1) is 5.92 Å². The Morgan fingerprint density at radius 2 is 0.816 bits per heavy atom. The van der Waals surface area contributed by atoms with E-state index in [1.165, 1.54) is 122 Å². The van der Waals surface area contributed by atoms with Crippen LogP contribution in [-0.4, -0.2) is 25.2 Å². The average Bonchev–Trinajstić information content (AvgIpc) is 2.91. The molecular formula is C34H66O4. The largest absolute Gasteiger partial charge is 0.466 e. The molecule has 0 saturated heterocycles. The van der Waals surface area contributed by atoms with Gasteiger partial charge in [0.25, 0.3) is 0 Å². The summed E-state index contributed by atoms with van der Waals surface area (Å²) in [6.45, 7) is 7.93. The highest BCUT2D eigenvalue weighted by atomic mass is 16.5. The molecule has 1 unspecified atom stereocenters. The molecule has 0 spiro atoms. The molecule has 0 rings (SSSR count). The third kappa shape index (κ3) is 29.5. The van der Waals surface area contributed by atoms with E-state index in [2.05, 4.69) is 20.8 Å². The Kier molecular flexibility index (Phi) is 29.6. The first-order chi connectivity index (χ1) is 18.6. The molecule has 0 N–H and O–H groups in total. The number of carbonyl (C=O) groups excluding carboxylic acids is 2. The van der Waals surface area contributed by atoms with Gasteiger partial charge in [-0.15, -0.1) is 0 Å². The Balaban J connectivity index is 3.29. The van der Waals surface area contributed by atoms with Crippen LogP contribution >= 0.6 is 0 Å². The van der Waals surface area contributed by atoms with Crippen LogP contribution in [0.3, 0.4) is 0 Å². The van der Waals surface area contributed by atoms with Crippen LogP contribution in [0.1, 0.15) is 188 Å². The SMILES string of the molecule is CCCCCCCOC(=O)CCCCCCCCCCCCCCC(C)CCC(=O)OCCCCCCC. The second-order valence-electron chi connectivity index (χ2n) is 11.7. The van der Waals surface area contributed by atoms with Gasteiger partial charge in [0.05, 0.1) is 13.2 Å². The van der Waals surface area contributed by atoms with Crippen molar-refractivity contribution in [2.24, 2.45) is 5.92 Å². The van der Waals surface area contributed by atoms with Gasteiger partial charge in [-0.05, 0) is 31.6 Å². The summed E-state index contributed by atoms with van der Waals surface area (Å²) < 4.78 is 10.7. The first-order valence-electron chi connectivity index (χ1n) is 16.9. The average molecular weight is 539 g/mol. The third-order valence-electron chi connectivity index (χ3n) is 7.69. The number of hydrogen-bond donors (Lipinski definition) is 0. The Morgan fingerprint density at radius 1 is 0.447 bits per heavy atom. The maximum absolute atomic E-state index is 11.9. The van der Waals surface area contributed by atoms with E-state index in [1.807, 2.05) is 0 Å². The number of unbranched alkanes of at least 4 members (excludes halogenated alkanes) is 19. The number of carbonyl (C=O) groups is 2. The summed E-state index contributed by atoms with van der Waals surface area (Å²) in [7, 11) is 0. The zero-order chi connectivity index (χ0) is 27.9. The summed E-state index contributed by atoms with van der Waals surface area (Å²) in [4.78, 5) is 23.6. The van der Waals surface area contributed by atoms with Crippen LogP contribution in [-0.2, 0) is 19.1 Å². The van der Waals surface area contributed by atoms with Crippen molar-refractivity contribution in [3.63, 3.8) is 0 Å². The van der Waals surface area contributed by atoms with Gasteiger partial charge in [-0.1, -0.05) is 149 Å². The maximum atomic E-state index is 11.9. The van der Waals surface area contributed by atoms with Crippen LogP contribution in [0.5, 0.6) is 0 Å². The molecule has 38 heavy (non-hydrogen) atoms. The molecule has 0 fully saturated rings. The molecule has 0 saturated carbocycles. The van der Waals surface area contributed by atoms with E-state index in [1.54, 1.807) is 0 Å². The molecule has 0 aliphatic rings. The Labute approximate surface area is 237 Å². The quantitative estimate of drug-likeness (QED) is 0.0674. The van der Waals surface area contributed by atoms with Crippen LogP contribution in [0.4, 0.5) is 0 Å². The Bertz CT molecular complexity index is 505.